The number of hydrogen-bond donors (Lipinski definition) is 5. The van der Waals surface area contributed by atoms with Crippen molar-refractivity contribution in [1.82, 2.24) is 35.8 Å². The van der Waals surface area contributed by atoms with Gasteiger partial charge in [0.25, 0.3) is 0 Å². The number of thioether (sulfide) groups is 1. The Morgan fingerprint density at radius 2 is 1.66 bits per heavy atom. The highest BCUT2D eigenvalue weighted by molar-refractivity contribution is 8.00. The van der Waals surface area contributed by atoms with E-state index in [4.69, 9.17) is 4.74 Å². The van der Waals surface area contributed by atoms with Gasteiger partial charge in [0, 0.05) is 50.9 Å². The number of piperidine rings is 1. The van der Waals surface area contributed by atoms with Gasteiger partial charge in [-0.15, -0.1) is 11.8 Å². The van der Waals surface area contributed by atoms with Gasteiger partial charge in [0.05, 0.1) is 30.1 Å². The lowest BCUT2D eigenvalue weighted by atomic mass is 9.79. The maximum Gasteiger partial charge on any atom is 0.249 e. The van der Waals surface area contributed by atoms with Crippen molar-refractivity contribution < 1.29 is 46.7 Å². The number of imide groups is 2. The van der Waals surface area contributed by atoms with Crippen molar-refractivity contribution in [2.75, 3.05) is 38.2 Å². The molecular formula is C42H67N7O10S2. The Kier molecular flexibility index (Phi) is 17.4. The molecule has 0 radical (unpaired) electrons. The molecule has 61 heavy (non-hydrogen) atoms. The molecule has 2 saturated carbocycles. The molecule has 4 aliphatic heterocycles. The number of nitrogens with zero attached hydrogens (tertiary/aromatic N) is 2. The minimum absolute atomic E-state index is 0.0339. The number of sulfonamides is 1. The summed E-state index contributed by atoms with van der Waals surface area (Å²) in [7, 11) is -3.41. The van der Waals surface area contributed by atoms with Crippen LogP contribution < -0.4 is 26.6 Å². The predicted octanol–water partition coefficient (Wildman–Crippen LogP) is 2.04. The molecule has 0 aromatic heterocycles. The van der Waals surface area contributed by atoms with Crippen molar-refractivity contribution in [3.63, 3.8) is 0 Å². The molecule has 8 atom stereocenters. The van der Waals surface area contributed by atoms with Gasteiger partial charge in [0.15, 0.2) is 0 Å². The number of likely N-dealkylation sites (tertiary alicyclic amines) is 1. The second-order valence-electron chi connectivity index (χ2n) is 17.9. The van der Waals surface area contributed by atoms with E-state index in [1.165, 1.54) is 36.4 Å². The highest BCUT2D eigenvalue weighted by atomic mass is 32.2. The summed E-state index contributed by atoms with van der Waals surface area (Å²) in [6.07, 6.45) is 15.9. The third-order valence-electron chi connectivity index (χ3n) is 13.5. The molecule has 6 fully saturated rings. The van der Waals surface area contributed by atoms with Gasteiger partial charge < -0.3 is 20.7 Å². The Balaban J connectivity index is 0.843. The van der Waals surface area contributed by atoms with Crippen molar-refractivity contribution in [2.45, 2.75) is 158 Å². The van der Waals surface area contributed by atoms with E-state index in [-0.39, 0.29) is 67.1 Å². The van der Waals surface area contributed by atoms with Crippen molar-refractivity contribution in [3.8, 4) is 0 Å². The van der Waals surface area contributed by atoms with Crippen molar-refractivity contribution in [2.24, 2.45) is 23.7 Å². The summed E-state index contributed by atoms with van der Waals surface area (Å²) in [6.45, 7) is 1.30. The van der Waals surface area contributed by atoms with Crippen molar-refractivity contribution in [1.29, 1.82) is 0 Å². The zero-order chi connectivity index (χ0) is 43.5. The van der Waals surface area contributed by atoms with Crippen LogP contribution in [0.2, 0.25) is 0 Å². The number of amides is 7. The first kappa shape index (κ1) is 47.4. The molecule has 4 saturated heterocycles. The number of unbranched alkanes of at least 4 members (excludes halogenated alkanes) is 5. The van der Waals surface area contributed by atoms with Gasteiger partial charge in [-0.25, -0.2) is 12.7 Å². The molecule has 4 heterocycles. The van der Waals surface area contributed by atoms with Crippen LogP contribution in [-0.2, 0) is 48.3 Å². The number of fused-ring (bicyclic) bond motifs is 1. The topological polar surface area (TPSA) is 229 Å². The van der Waals surface area contributed by atoms with Gasteiger partial charge in [0.2, 0.25) is 51.4 Å². The summed E-state index contributed by atoms with van der Waals surface area (Å²) in [5.41, 5.74) is -0.234. The van der Waals surface area contributed by atoms with E-state index in [2.05, 4.69) is 26.6 Å². The van der Waals surface area contributed by atoms with Gasteiger partial charge >= 0.3 is 0 Å². The Bertz CT molecular complexity index is 1710. The fraction of sp³-hybridized carbons (Fsp3) is 0.833. The van der Waals surface area contributed by atoms with Gasteiger partial charge in [-0.1, -0.05) is 44.9 Å². The summed E-state index contributed by atoms with van der Waals surface area (Å²) in [5.74, 6) is -2.37. The molecule has 6 aliphatic rings. The lowest BCUT2D eigenvalue weighted by molar-refractivity contribution is -0.152. The Labute approximate surface area is 364 Å². The highest BCUT2D eigenvalue weighted by Gasteiger charge is 2.56. The zero-order valence-corrected chi connectivity index (χ0v) is 37.3. The lowest BCUT2D eigenvalue weighted by Crippen LogP contribution is -2.54. The summed E-state index contributed by atoms with van der Waals surface area (Å²) in [6, 6.07) is -1.36. The maximum atomic E-state index is 13.6. The number of hydrogen-bond acceptors (Lipinski definition) is 12. The standard InChI is InChI=1S/C42H67N7O10S2/c1-61(57,58)48-23-21-28(25-48)37(52)44-30(38(53)47-42-45-31(26-60-42)27-13-6-5-7-14-27)16-9-10-22-43-34(50)18-8-3-2-4-11-24-59-33-17-12-15-29-36(33)41(56)49(40(29)55)32-19-20-35(51)46-39(32)54/h27-33,36,42,45H,2-26H2,1H3,(H,43,50)(H,44,52)(H,47,53)(H,46,51,54)/t28?,29?,30-,31?,32?,33?,36?,42?/m0/s1. The van der Waals surface area contributed by atoms with Crippen LogP contribution in [0.5, 0.6) is 0 Å². The van der Waals surface area contributed by atoms with Crippen LogP contribution in [0.3, 0.4) is 0 Å². The second-order valence-corrected chi connectivity index (χ2v) is 21.0. The van der Waals surface area contributed by atoms with E-state index in [1.54, 1.807) is 11.8 Å². The van der Waals surface area contributed by atoms with Gasteiger partial charge in [0.1, 0.15) is 17.6 Å². The zero-order valence-electron chi connectivity index (χ0n) is 35.7. The molecule has 17 nitrogen and oxygen atoms in total. The quantitative estimate of drug-likeness (QED) is 0.0824. The minimum Gasteiger partial charge on any atom is -0.377 e. The number of carbonyl (C=O) groups is 7. The van der Waals surface area contributed by atoms with E-state index in [0.717, 1.165) is 55.4 Å². The fourth-order valence-electron chi connectivity index (χ4n) is 9.99. The molecule has 0 spiro atoms. The summed E-state index contributed by atoms with van der Waals surface area (Å²) in [5, 5.41) is 14.8. The third-order valence-corrected chi connectivity index (χ3v) is 15.9. The van der Waals surface area contributed by atoms with Gasteiger partial charge in [-0.05, 0) is 76.5 Å². The smallest absolute Gasteiger partial charge is 0.249 e. The molecule has 7 unspecified atom stereocenters. The van der Waals surface area contributed by atoms with Crippen LogP contribution in [-0.4, -0.2) is 127 Å². The fourth-order valence-corrected chi connectivity index (χ4v) is 12.1. The van der Waals surface area contributed by atoms with Crippen LogP contribution in [0.15, 0.2) is 0 Å². The molecule has 19 heteroatoms. The van der Waals surface area contributed by atoms with Gasteiger partial charge in [-0.3, -0.25) is 49.1 Å². The summed E-state index contributed by atoms with van der Waals surface area (Å²) < 4.78 is 31.5. The van der Waals surface area contributed by atoms with Crippen LogP contribution in [0, 0.1) is 23.7 Å². The van der Waals surface area contributed by atoms with E-state index in [0.29, 0.717) is 70.1 Å². The monoisotopic (exact) mass is 893 g/mol. The Morgan fingerprint density at radius 3 is 2.41 bits per heavy atom. The van der Waals surface area contributed by atoms with E-state index >= 15 is 0 Å². The Hall–Kier alpha value is -3.13. The minimum atomic E-state index is -3.41. The number of nitrogens with one attached hydrogen (secondary N) is 5. The first-order valence-corrected chi connectivity index (χ1v) is 25.7. The number of carbonyl (C=O) groups excluding carboxylic acids is 7. The first-order valence-electron chi connectivity index (χ1n) is 22.8. The van der Waals surface area contributed by atoms with E-state index in [1.807, 2.05) is 0 Å². The maximum absolute atomic E-state index is 13.6. The average molecular weight is 894 g/mol. The second kappa shape index (κ2) is 22.5. The van der Waals surface area contributed by atoms with Gasteiger partial charge in [-0.2, -0.15) is 0 Å². The predicted molar refractivity (Wildman–Crippen MR) is 228 cm³/mol. The van der Waals surface area contributed by atoms with Crippen molar-refractivity contribution in [3.05, 3.63) is 0 Å². The molecule has 0 aromatic rings. The van der Waals surface area contributed by atoms with Crippen LogP contribution >= 0.6 is 11.8 Å². The van der Waals surface area contributed by atoms with E-state index < -0.39 is 51.7 Å². The molecule has 342 valence electrons. The average Bonchev–Trinajstić information content (AvgIpc) is 3.98. The van der Waals surface area contributed by atoms with Crippen LogP contribution in [0.25, 0.3) is 0 Å². The molecule has 0 bridgehead atoms. The highest BCUT2D eigenvalue weighted by Crippen LogP contribution is 2.41. The molecule has 6 rings (SSSR count). The lowest BCUT2D eigenvalue weighted by Gasteiger charge is -2.30. The third kappa shape index (κ3) is 13.0. The molecule has 5 N–H and O–H groups in total. The number of rotatable bonds is 21. The van der Waals surface area contributed by atoms with E-state index in [9.17, 15) is 42.0 Å². The molecule has 2 aliphatic carbocycles. The Morgan fingerprint density at radius 1 is 0.885 bits per heavy atom. The molecule has 0 aromatic carbocycles. The van der Waals surface area contributed by atoms with Crippen LogP contribution in [0.4, 0.5) is 0 Å². The number of ether oxygens (including phenoxy) is 1. The summed E-state index contributed by atoms with van der Waals surface area (Å²) >= 11 is 1.68. The largest absolute Gasteiger partial charge is 0.377 e. The first-order chi connectivity index (χ1) is 29.3. The summed E-state index contributed by atoms with van der Waals surface area (Å²) in [4.78, 5) is 91.1. The van der Waals surface area contributed by atoms with Crippen LogP contribution in [0.1, 0.15) is 128 Å². The molecular weight excluding hydrogens is 827 g/mol. The SMILES string of the molecule is CS(=O)(=O)N1CCC(C(=O)N[C@@H](CCCCNC(=O)CCCCCCCOC2CCCC3C(=O)N(C4CCC(=O)NC4=O)C(=O)C23)C(=O)NC2NC(C3CCCCC3)CS2)C1. The normalized spacial score (nSPS) is 29.3. The van der Waals surface area contributed by atoms with Crippen molar-refractivity contribution >= 4 is 63.1 Å². The molecule has 7 amide bonds.